The number of aromatic nitrogens is 6. The van der Waals surface area contributed by atoms with Crippen molar-refractivity contribution in [3.63, 3.8) is 0 Å². The fourth-order valence-electron chi connectivity index (χ4n) is 4.09. The van der Waals surface area contributed by atoms with Crippen LogP contribution in [0.5, 0.6) is 0 Å². The van der Waals surface area contributed by atoms with Gasteiger partial charge in [-0.15, -0.1) is 0 Å². The molecule has 5 rings (SSSR count). The van der Waals surface area contributed by atoms with E-state index in [9.17, 15) is 4.79 Å². The quantitative estimate of drug-likeness (QED) is 0.662. The number of hydrogen-bond donors (Lipinski definition) is 0. The van der Waals surface area contributed by atoms with Gasteiger partial charge < -0.3 is 14.4 Å². The van der Waals surface area contributed by atoms with Crippen molar-refractivity contribution in [2.45, 2.75) is 0 Å². The molecule has 3 aromatic rings. The zero-order valence-corrected chi connectivity index (χ0v) is 15.0. The summed E-state index contributed by atoms with van der Waals surface area (Å²) in [6.07, 6.45) is 8.57. The van der Waals surface area contributed by atoms with E-state index in [0.717, 1.165) is 37.8 Å². The van der Waals surface area contributed by atoms with Crippen LogP contribution in [0.4, 0.5) is 11.6 Å². The largest absolute Gasteiger partial charge is 0.356 e. The fourth-order valence-corrected chi connectivity index (χ4v) is 4.09. The SMILES string of the molecule is Cn1ccnc(N2CC3CN(c4cc(-n5cccn5)ncn4)CC3C2)c1=O. The average molecular weight is 364 g/mol. The molecule has 2 atom stereocenters. The van der Waals surface area contributed by atoms with E-state index in [0.29, 0.717) is 17.7 Å². The maximum absolute atomic E-state index is 12.3. The van der Waals surface area contributed by atoms with Crippen LogP contribution in [-0.4, -0.2) is 55.5 Å². The molecule has 9 nitrogen and oxygen atoms in total. The smallest absolute Gasteiger partial charge is 0.293 e. The standard InChI is InChI=1S/C18H20N8O/c1-23-6-4-19-17(18(23)27)25-10-13-8-24(9-14(13)11-25)15-7-16(21-12-20-15)26-5-2-3-22-26/h2-7,12-14H,8-11H2,1H3. The molecule has 3 aromatic heterocycles. The van der Waals surface area contributed by atoms with E-state index < -0.39 is 0 Å². The van der Waals surface area contributed by atoms with Crippen LogP contribution in [0, 0.1) is 11.8 Å². The Hall–Kier alpha value is -3.23. The van der Waals surface area contributed by atoms with Gasteiger partial charge in [0.05, 0.1) is 0 Å². The maximum atomic E-state index is 12.3. The van der Waals surface area contributed by atoms with E-state index >= 15 is 0 Å². The molecule has 0 amide bonds. The highest BCUT2D eigenvalue weighted by Gasteiger charge is 2.41. The predicted molar refractivity (Wildman–Crippen MR) is 100 cm³/mol. The lowest BCUT2D eigenvalue weighted by Crippen LogP contribution is -2.34. The summed E-state index contributed by atoms with van der Waals surface area (Å²) in [5.74, 6) is 3.24. The summed E-state index contributed by atoms with van der Waals surface area (Å²) in [6, 6.07) is 3.85. The van der Waals surface area contributed by atoms with E-state index in [1.54, 1.807) is 41.2 Å². The molecule has 9 heteroatoms. The molecule has 5 heterocycles. The van der Waals surface area contributed by atoms with E-state index in [1.165, 1.54) is 0 Å². The Morgan fingerprint density at radius 2 is 1.67 bits per heavy atom. The minimum Gasteiger partial charge on any atom is -0.356 e. The van der Waals surface area contributed by atoms with Gasteiger partial charge in [0.15, 0.2) is 11.6 Å². The van der Waals surface area contributed by atoms with Crippen LogP contribution >= 0.6 is 0 Å². The minimum absolute atomic E-state index is 0.0333. The minimum atomic E-state index is -0.0333. The molecule has 0 radical (unpaired) electrons. The summed E-state index contributed by atoms with van der Waals surface area (Å²) in [7, 11) is 1.76. The summed E-state index contributed by atoms with van der Waals surface area (Å²) >= 11 is 0. The van der Waals surface area contributed by atoms with Crippen molar-refractivity contribution in [3.05, 3.63) is 53.6 Å². The molecule has 2 unspecified atom stereocenters. The van der Waals surface area contributed by atoms with Gasteiger partial charge >= 0.3 is 0 Å². The Labute approximate surface area is 155 Å². The third-order valence-corrected chi connectivity index (χ3v) is 5.49. The van der Waals surface area contributed by atoms with Crippen molar-refractivity contribution in [3.8, 4) is 5.82 Å². The molecule has 0 aromatic carbocycles. The number of nitrogens with zero attached hydrogens (tertiary/aromatic N) is 8. The zero-order valence-electron chi connectivity index (χ0n) is 15.0. The van der Waals surface area contributed by atoms with Crippen LogP contribution < -0.4 is 15.4 Å². The summed E-state index contributed by atoms with van der Waals surface area (Å²) in [5, 5.41) is 4.23. The molecule has 0 spiro atoms. The van der Waals surface area contributed by atoms with Crippen LogP contribution in [0.15, 0.2) is 48.0 Å². The van der Waals surface area contributed by atoms with Gasteiger partial charge in [-0.1, -0.05) is 0 Å². The van der Waals surface area contributed by atoms with Gasteiger partial charge in [-0.2, -0.15) is 5.10 Å². The Kier molecular flexibility index (Phi) is 3.66. The first-order chi connectivity index (χ1) is 13.2. The Bertz CT molecular complexity index is 1000. The van der Waals surface area contributed by atoms with Crippen LogP contribution in [0.25, 0.3) is 5.82 Å². The monoisotopic (exact) mass is 364 g/mol. The first-order valence-corrected chi connectivity index (χ1v) is 9.02. The lowest BCUT2D eigenvalue weighted by molar-refractivity contribution is 0.533. The summed E-state index contributed by atoms with van der Waals surface area (Å²) in [4.78, 5) is 29.8. The molecule has 0 bridgehead atoms. The second-order valence-corrected chi connectivity index (χ2v) is 7.18. The van der Waals surface area contributed by atoms with Crippen molar-refractivity contribution in [2.24, 2.45) is 18.9 Å². The lowest BCUT2D eigenvalue weighted by Gasteiger charge is -2.23. The van der Waals surface area contributed by atoms with Gasteiger partial charge in [-0.25, -0.2) is 19.6 Å². The van der Waals surface area contributed by atoms with Gasteiger partial charge in [0.2, 0.25) is 0 Å². The van der Waals surface area contributed by atoms with Crippen molar-refractivity contribution in [1.29, 1.82) is 0 Å². The highest BCUT2D eigenvalue weighted by atomic mass is 16.1. The highest BCUT2D eigenvalue weighted by Crippen LogP contribution is 2.34. The van der Waals surface area contributed by atoms with E-state index in [-0.39, 0.29) is 5.56 Å². The van der Waals surface area contributed by atoms with E-state index in [1.807, 2.05) is 18.3 Å². The molecule has 0 aliphatic carbocycles. The second-order valence-electron chi connectivity index (χ2n) is 7.18. The molecular weight excluding hydrogens is 344 g/mol. The Morgan fingerprint density at radius 3 is 2.41 bits per heavy atom. The molecule has 0 saturated carbocycles. The van der Waals surface area contributed by atoms with Gasteiger partial charge in [-0.05, 0) is 6.07 Å². The van der Waals surface area contributed by atoms with Gasteiger partial charge in [0.1, 0.15) is 12.1 Å². The molecule has 2 saturated heterocycles. The highest BCUT2D eigenvalue weighted by molar-refractivity contribution is 5.46. The summed E-state index contributed by atoms with van der Waals surface area (Å²) < 4.78 is 3.32. The van der Waals surface area contributed by atoms with Gasteiger partial charge in [0, 0.05) is 75.9 Å². The normalized spacial score (nSPS) is 21.7. The van der Waals surface area contributed by atoms with E-state index in [2.05, 4.69) is 29.9 Å². The molecule has 2 aliphatic heterocycles. The third kappa shape index (κ3) is 2.75. The van der Waals surface area contributed by atoms with Gasteiger partial charge in [-0.3, -0.25) is 4.79 Å². The molecule has 0 N–H and O–H groups in total. The first-order valence-electron chi connectivity index (χ1n) is 9.02. The van der Waals surface area contributed by atoms with Crippen molar-refractivity contribution < 1.29 is 0 Å². The fraction of sp³-hybridized carbons (Fsp3) is 0.389. The molecule has 138 valence electrons. The molecular formula is C18H20N8O. The number of aryl methyl sites for hydroxylation is 1. The van der Waals surface area contributed by atoms with Gasteiger partial charge in [0.25, 0.3) is 5.56 Å². The summed E-state index contributed by atoms with van der Waals surface area (Å²) in [5.41, 5.74) is -0.0333. The molecule has 27 heavy (non-hydrogen) atoms. The van der Waals surface area contributed by atoms with Crippen LogP contribution in [0.3, 0.4) is 0 Å². The number of anilines is 2. The average Bonchev–Trinajstić information content (AvgIpc) is 3.40. The van der Waals surface area contributed by atoms with Crippen molar-refractivity contribution in [2.75, 3.05) is 36.0 Å². The van der Waals surface area contributed by atoms with E-state index in [4.69, 9.17) is 0 Å². The van der Waals surface area contributed by atoms with Crippen molar-refractivity contribution >= 4 is 11.6 Å². The number of fused-ring (bicyclic) bond motifs is 1. The predicted octanol–water partition coefficient (Wildman–Crippen LogP) is 0.329. The Balaban J connectivity index is 1.32. The topological polar surface area (TPSA) is 85.0 Å². The second kappa shape index (κ2) is 6.19. The van der Waals surface area contributed by atoms with Crippen LogP contribution in [0.1, 0.15) is 0 Å². The number of hydrogen-bond acceptors (Lipinski definition) is 7. The molecule has 2 aliphatic rings. The molecule has 2 fully saturated rings. The lowest BCUT2D eigenvalue weighted by atomic mass is 10.0. The number of rotatable bonds is 3. The van der Waals surface area contributed by atoms with Crippen LogP contribution in [0.2, 0.25) is 0 Å². The Morgan fingerprint density at radius 1 is 0.926 bits per heavy atom. The van der Waals surface area contributed by atoms with Crippen molar-refractivity contribution in [1.82, 2.24) is 29.3 Å². The maximum Gasteiger partial charge on any atom is 0.293 e. The summed E-state index contributed by atoms with van der Waals surface area (Å²) in [6.45, 7) is 3.54. The third-order valence-electron chi connectivity index (χ3n) is 5.49. The first kappa shape index (κ1) is 16.0. The zero-order chi connectivity index (χ0) is 18.4. The van der Waals surface area contributed by atoms with Crippen LogP contribution in [-0.2, 0) is 7.05 Å².